The molecule has 0 aliphatic carbocycles. The molecule has 1 amide bonds. The standard InChI is InChI=1S/C17H21N7O3/c1-10-13(11(2)24-16(21-10)18-9-20-24)5-6-14(25)22-12-7-19-23(8-12)17(3,4)15(26)27/h7-9H,5-6H2,1-4H3,(H,22,25)(H,26,27). The first kappa shape index (κ1) is 18.5. The average Bonchev–Trinajstić information content (AvgIpc) is 3.24. The van der Waals surface area contributed by atoms with E-state index in [1.807, 2.05) is 13.8 Å². The molecule has 0 radical (unpaired) electrons. The Kier molecular flexibility index (Phi) is 4.64. The number of nitrogens with zero attached hydrogens (tertiary/aromatic N) is 6. The van der Waals surface area contributed by atoms with Gasteiger partial charge < -0.3 is 10.4 Å². The lowest BCUT2D eigenvalue weighted by Gasteiger charge is -2.19. The van der Waals surface area contributed by atoms with Gasteiger partial charge in [-0.15, -0.1) is 0 Å². The number of aliphatic carboxylic acids is 1. The van der Waals surface area contributed by atoms with Crippen LogP contribution in [0.15, 0.2) is 18.7 Å². The van der Waals surface area contributed by atoms with Crippen LogP contribution in [0.5, 0.6) is 0 Å². The minimum atomic E-state index is -1.20. The van der Waals surface area contributed by atoms with E-state index in [9.17, 15) is 14.7 Å². The number of carbonyl (C=O) groups excluding carboxylic acids is 1. The third-order valence-electron chi connectivity index (χ3n) is 4.55. The molecule has 2 N–H and O–H groups in total. The number of anilines is 1. The number of aryl methyl sites for hydroxylation is 2. The van der Waals surface area contributed by atoms with Crippen LogP contribution in [0.2, 0.25) is 0 Å². The molecule has 0 bridgehead atoms. The first-order chi connectivity index (χ1) is 12.7. The molecule has 0 atom stereocenters. The predicted molar refractivity (Wildman–Crippen MR) is 96.4 cm³/mol. The fraction of sp³-hybridized carbons (Fsp3) is 0.412. The van der Waals surface area contributed by atoms with Crippen molar-refractivity contribution >= 4 is 23.3 Å². The Balaban J connectivity index is 1.67. The largest absolute Gasteiger partial charge is 0.479 e. The highest BCUT2D eigenvalue weighted by atomic mass is 16.4. The number of carboxylic acid groups (broad SMARTS) is 1. The smallest absolute Gasteiger partial charge is 0.331 e. The molecule has 142 valence electrons. The zero-order chi connectivity index (χ0) is 19.8. The van der Waals surface area contributed by atoms with E-state index in [0.717, 1.165) is 17.0 Å². The third-order valence-corrected chi connectivity index (χ3v) is 4.55. The molecule has 0 aromatic carbocycles. The van der Waals surface area contributed by atoms with Crippen LogP contribution in [0.4, 0.5) is 5.69 Å². The van der Waals surface area contributed by atoms with Gasteiger partial charge in [-0.05, 0) is 39.7 Å². The Hall–Kier alpha value is -3.30. The molecule has 27 heavy (non-hydrogen) atoms. The number of rotatable bonds is 6. The second kappa shape index (κ2) is 6.78. The fourth-order valence-corrected chi connectivity index (χ4v) is 2.77. The zero-order valence-electron chi connectivity index (χ0n) is 15.6. The van der Waals surface area contributed by atoms with Crippen molar-refractivity contribution in [3.05, 3.63) is 35.7 Å². The molecule has 0 saturated heterocycles. The van der Waals surface area contributed by atoms with E-state index >= 15 is 0 Å². The van der Waals surface area contributed by atoms with Crippen molar-refractivity contribution in [3.8, 4) is 0 Å². The number of hydrogen-bond donors (Lipinski definition) is 2. The van der Waals surface area contributed by atoms with Crippen molar-refractivity contribution < 1.29 is 14.7 Å². The molecule has 3 aromatic heterocycles. The minimum Gasteiger partial charge on any atom is -0.479 e. The van der Waals surface area contributed by atoms with Gasteiger partial charge >= 0.3 is 5.97 Å². The predicted octanol–water partition coefficient (Wildman–Crippen LogP) is 1.33. The lowest BCUT2D eigenvalue weighted by molar-refractivity contribution is -0.146. The number of aromatic nitrogens is 6. The van der Waals surface area contributed by atoms with Crippen LogP contribution in [0, 0.1) is 13.8 Å². The average molecular weight is 371 g/mol. The lowest BCUT2D eigenvalue weighted by atomic mass is 10.1. The van der Waals surface area contributed by atoms with E-state index in [1.54, 1.807) is 4.52 Å². The van der Waals surface area contributed by atoms with Crippen molar-refractivity contribution in [1.29, 1.82) is 0 Å². The SMILES string of the molecule is Cc1nc2ncnn2c(C)c1CCC(=O)Nc1cnn(C(C)(C)C(=O)O)c1. The molecule has 0 aliphatic rings. The van der Waals surface area contributed by atoms with Gasteiger partial charge in [0.1, 0.15) is 6.33 Å². The number of carbonyl (C=O) groups is 2. The van der Waals surface area contributed by atoms with Crippen LogP contribution in [0.1, 0.15) is 37.2 Å². The maximum Gasteiger partial charge on any atom is 0.331 e. The summed E-state index contributed by atoms with van der Waals surface area (Å²) < 4.78 is 2.96. The van der Waals surface area contributed by atoms with Gasteiger partial charge in [-0.3, -0.25) is 9.48 Å². The number of nitrogens with one attached hydrogen (secondary N) is 1. The Labute approximate surface area is 155 Å². The summed E-state index contributed by atoms with van der Waals surface area (Å²) in [6.45, 7) is 6.87. The Morgan fingerprint density at radius 3 is 2.70 bits per heavy atom. The molecule has 0 spiro atoms. The number of carboxylic acids is 1. The number of hydrogen-bond acceptors (Lipinski definition) is 6. The van der Waals surface area contributed by atoms with Gasteiger partial charge in [-0.2, -0.15) is 15.2 Å². The first-order valence-corrected chi connectivity index (χ1v) is 8.44. The molecule has 3 aromatic rings. The number of fused-ring (bicyclic) bond motifs is 1. The second-order valence-electron chi connectivity index (χ2n) is 6.82. The summed E-state index contributed by atoms with van der Waals surface area (Å²) in [7, 11) is 0. The molecular formula is C17H21N7O3. The van der Waals surface area contributed by atoms with Crippen LogP contribution in [0.3, 0.4) is 0 Å². The highest BCUT2D eigenvalue weighted by Crippen LogP contribution is 2.18. The Bertz CT molecular complexity index is 1020. The summed E-state index contributed by atoms with van der Waals surface area (Å²) >= 11 is 0. The summed E-state index contributed by atoms with van der Waals surface area (Å²) in [6.07, 6.45) is 5.13. The molecule has 3 heterocycles. The fourth-order valence-electron chi connectivity index (χ4n) is 2.77. The maximum absolute atomic E-state index is 12.3. The van der Waals surface area contributed by atoms with Crippen LogP contribution < -0.4 is 5.32 Å². The van der Waals surface area contributed by atoms with Crippen LogP contribution in [-0.4, -0.2) is 46.3 Å². The van der Waals surface area contributed by atoms with Crippen molar-refractivity contribution in [2.24, 2.45) is 0 Å². The summed E-state index contributed by atoms with van der Waals surface area (Å²) in [5.74, 6) is -0.669. The molecule has 3 rings (SSSR count). The number of amides is 1. The second-order valence-corrected chi connectivity index (χ2v) is 6.82. The van der Waals surface area contributed by atoms with E-state index in [4.69, 9.17) is 0 Å². The van der Waals surface area contributed by atoms with Gasteiger partial charge in [-0.1, -0.05) is 0 Å². The van der Waals surface area contributed by atoms with E-state index in [2.05, 4.69) is 25.5 Å². The normalized spacial score (nSPS) is 11.7. The van der Waals surface area contributed by atoms with Gasteiger partial charge in [0.15, 0.2) is 5.54 Å². The summed E-state index contributed by atoms with van der Waals surface area (Å²) in [5.41, 5.74) is 1.92. The van der Waals surface area contributed by atoms with Crippen LogP contribution >= 0.6 is 0 Å². The highest BCUT2D eigenvalue weighted by Gasteiger charge is 2.30. The third kappa shape index (κ3) is 3.50. The van der Waals surface area contributed by atoms with E-state index in [0.29, 0.717) is 17.9 Å². The molecule has 10 nitrogen and oxygen atoms in total. The first-order valence-electron chi connectivity index (χ1n) is 8.44. The quantitative estimate of drug-likeness (QED) is 0.669. The minimum absolute atomic E-state index is 0.194. The molecule has 10 heteroatoms. The molecule has 0 unspecified atom stereocenters. The van der Waals surface area contributed by atoms with Crippen molar-refractivity contribution in [1.82, 2.24) is 29.4 Å². The van der Waals surface area contributed by atoms with E-state index in [-0.39, 0.29) is 12.3 Å². The van der Waals surface area contributed by atoms with Crippen LogP contribution in [-0.2, 0) is 21.5 Å². The topological polar surface area (TPSA) is 127 Å². The van der Waals surface area contributed by atoms with Gasteiger partial charge in [0.05, 0.1) is 11.9 Å². The van der Waals surface area contributed by atoms with Crippen molar-refractivity contribution in [2.75, 3.05) is 5.32 Å². The summed E-state index contributed by atoms with van der Waals surface area (Å²) in [5, 5.41) is 20.2. The highest BCUT2D eigenvalue weighted by molar-refractivity contribution is 5.90. The van der Waals surface area contributed by atoms with Crippen molar-refractivity contribution in [2.45, 2.75) is 46.1 Å². The molecule has 0 aliphatic heterocycles. The molecule has 0 saturated carbocycles. The van der Waals surface area contributed by atoms with Gasteiger partial charge in [-0.25, -0.2) is 14.3 Å². The van der Waals surface area contributed by atoms with E-state index in [1.165, 1.54) is 37.3 Å². The monoisotopic (exact) mass is 371 g/mol. The maximum atomic E-state index is 12.3. The zero-order valence-corrected chi connectivity index (χ0v) is 15.6. The Morgan fingerprint density at radius 2 is 2.00 bits per heavy atom. The lowest BCUT2D eigenvalue weighted by Crippen LogP contribution is -2.35. The van der Waals surface area contributed by atoms with Gasteiger partial charge in [0, 0.05) is 24.0 Å². The Morgan fingerprint density at radius 1 is 1.26 bits per heavy atom. The molecule has 0 fully saturated rings. The van der Waals surface area contributed by atoms with Gasteiger partial charge in [0.2, 0.25) is 5.91 Å². The van der Waals surface area contributed by atoms with Crippen molar-refractivity contribution in [3.63, 3.8) is 0 Å². The van der Waals surface area contributed by atoms with E-state index < -0.39 is 11.5 Å². The van der Waals surface area contributed by atoms with Gasteiger partial charge in [0.25, 0.3) is 5.78 Å². The summed E-state index contributed by atoms with van der Waals surface area (Å²) in [6, 6.07) is 0. The summed E-state index contributed by atoms with van der Waals surface area (Å²) in [4.78, 5) is 32.1. The molecular weight excluding hydrogens is 350 g/mol. The van der Waals surface area contributed by atoms with Crippen LogP contribution in [0.25, 0.3) is 5.78 Å².